The molecule has 1 N–H and O–H groups in total. The van der Waals surface area contributed by atoms with Crippen LogP contribution in [0.3, 0.4) is 0 Å². The highest BCUT2D eigenvalue weighted by Crippen LogP contribution is 2.45. The normalized spacial score (nSPS) is 20.7. The lowest BCUT2D eigenvalue weighted by Crippen LogP contribution is -2.45. The maximum absolute atomic E-state index is 5.59. The van der Waals surface area contributed by atoms with Crippen molar-refractivity contribution in [2.24, 2.45) is 5.41 Å². The van der Waals surface area contributed by atoms with Crippen LogP contribution in [0, 0.1) is 5.41 Å². The summed E-state index contributed by atoms with van der Waals surface area (Å²) < 4.78 is 5.59. The quantitative estimate of drug-likeness (QED) is 0.664. The fourth-order valence-electron chi connectivity index (χ4n) is 3.56. The van der Waals surface area contributed by atoms with Crippen LogP contribution in [0.4, 0.5) is 0 Å². The molecule has 0 amide bonds. The van der Waals surface area contributed by atoms with E-state index in [0.717, 1.165) is 13.0 Å². The van der Waals surface area contributed by atoms with Gasteiger partial charge in [0.1, 0.15) is 0 Å². The first-order chi connectivity index (χ1) is 8.99. The molecule has 0 saturated heterocycles. The van der Waals surface area contributed by atoms with E-state index in [-0.39, 0.29) is 5.60 Å². The fourth-order valence-corrected chi connectivity index (χ4v) is 3.56. The van der Waals surface area contributed by atoms with E-state index in [0.29, 0.717) is 11.5 Å². The Bertz CT molecular complexity index is 244. The van der Waals surface area contributed by atoms with E-state index in [2.05, 4.69) is 33.0 Å². The Morgan fingerprint density at radius 3 is 2.32 bits per heavy atom. The fraction of sp³-hybridized carbons (Fsp3) is 1.00. The average Bonchev–Trinajstić information content (AvgIpc) is 2.88. The number of ether oxygens (including phenoxy) is 1. The van der Waals surface area contributed by atoms with Gasteiger partial charge in [-0.1, -0.05) is 26.7 Å². The summed E-state index contributed by atoms with van der Waals surface area (Å²) in [5, 5.41) is 3.84. The molecule has 0 aliphatic heterocycles. The standard InChI is InChI=1S/C17H35NO/c1-6-14-18-15(10-13-16(3,4)19-5)17(7-2)11-8-9-12-17/h15,18H,6-14H2,1-5H3. The summed E-state index contributed by atoms with van der Waals surface area (Å²) in [5.41, 5.74) is 0.568. The van der Waals surface area contributed by atoms with Gasteiger partial charge < -0.3 is 10.1 Å². The molecule has 114 valence electrons. The highest BCUT2D eigenvalue weighted by atomic mass is 16.5. The van der Waals surface area contributed by atoms with Crippen molar-refractivity contribution in [2.75, 3.05) is 13.7 Å². The highest BCUT2D eigenvalue weighted by Gasteiger charge is 2.39. The van der Waals surface area contributed by atoms with E-state index in [4.69, 9.17) is 4.74 Å². The molecule has 1 saturated carbocycles. The molecule has 1 rings (SSSR count). The molecule has 2 nitrogen and oxygen atoms in total. The molecule has 1 aliphatic carbocycles. The Balaban J connectivity index is 2.65. The Morgan fingerprint density at radius 2 is 1.84 bits per heavy atom. The molecule has 0 aromatic carbocycles. The van der Waals surface area contributed by atoms with Crippen molar-refractivity contribution in [3.63, 3.8) is 0 Å². The topological polar surface area (TPSA) is 21.3 Å². The van der Waals surface area contributed by atoms with Crippen molar-refractivity contribution in [3.8, 4) is 0 Å². The minimum Gasteiger partial charge on any atom is -0.379 e. The van der Waals surface area contributed by atoms with Crippen molar-refractivity contribution in [3.05, 3.63) is 0 Å². The van der Waals surface area contributed by atoms with Crippen LogP contribution < -0.4 is 5.32 Å². The van der Waals surface area contributed by atoms with Gasteiger partial charge in [-0.25, -0.2) is 0 Å². The number of rotatable bonds is 9. The van der Waals surface area contributed by atoms with Gasteiger partial charge >= 0.3 is 0 Å². The van der Waals surface area contributed by atoms with Gasteiger partial charge in [-0.15, -0.1) is 0 Å². The zero-order valence-electron chi connectivity index (χ0n) is 13.8. The monoisotopic (exact) mass is 269 g/mol. The maximum Gasteiger partial charge on any atom is 0.0623 e. The van der Waals surface area contributed by atoms with Gasteiger partial charge in [-0.2, -0.15) is 0 Å². The van der Waals surface area contributed by atoms with E-state index in [1.165, 1.54) is 44.9 Å². The summed E-state index contributed by atoms with van der Waals surface area (Å²) in [7, 11) is 1.83. The number of hydrogen-bond acceptors (Lipinski definition) is 2. The van der Waals surface area contributed by atoms with Crippen LogP contribution >= 0.6 is 0 Å². The van der Waals surface area contributed by atoms with E-state index in [1.807, 2.05) is 7.11 Å². The summed E-state index contributed by atoms with van der Waals surface area (Å²) in [6.07, 6.45) is 10.6. The summed E-state index contributed by atoms with van der Waals surface area (Å²) in [4.78, 5) is 0. The third kappa shape index (κ3) is 4.75. The SMILES string of the molecule is CCCNC(CCC(C)(C)OC)C1(CC)CCCC1. The molecule has 1 atom stereocenters. The molecular formula is C17H35NO. The molecule has 0 aromatic heterocycles. The predicted octanol–water partition coefficient (Wildman–Crippen LogP) is 4.53. The summed E-state index contributed by atoms with van der Waals surface area (Å²) >= 11 is 0. The molecule has 19 heavy (non-hydrogen) atoms. The average molecular weight is 269 g/mol. The first-order valence-corrected chi connectivity index (χ1v) is 8.28. The van der Waals surface area contributed by atoms with Gasteiger partial charge in [0.05, 0.1) is 5.60 Å². The molecule has 2 heteroatoms. The molecule has 0 radical (unpaired) electrons. The summed E-state index contributed by atoms with van der Waals surface area (Å²) in [6.45, 7) is 10.2. The Kier molecular flexibility index (Phi) is 6.82. The van der Waals surface area contributed by atoms with Gasteiger partial charge in [-0.3, -0.25) is 0 Å². The molecule has 0 bridgehead atoms. The number of nitrogens with one attached hydrogen (secondary N) is 1. The van der Waals surface area contributed by atoms with Gasteiger partial charge in [0.2, 0.25) is 0 Å². The lowest BCUT2D eigenvalue weighted by molar-refractivity contribution is 0.00647. The van der Waals surface area contributed by atoms with Crippen LogP contribution in [0.2, 0.25) is 0 Å². The lowest BCUT2D eigenvalue weighted by Gasteiger charge is -2.39. The van der Waals surface area contributed by atoms with Gasteiger partial charge in [-0.05, 0) is 64.3 Å². The van der Waals surface area contributed by atoms with Crippen molar-refractivity contribution >= 4 is 0 Å². The third-order valence-corrected chi connectivity index (χ3v) is 5.27. The summed E-state index contributed by atoms with van der Waals surface area (Å²) in [5.74, 6) is 0. The molecule has 0 spiro atoms. The summed E-state index contributed by atoms with van der Waals surface area (Å²) in [6, 6.07) is 0.675. The first-order valence-electron chi connectivity index (χ1n) is 8.28. The van der Waals surface area contributed by atoms with Crippen LogP contribution in [-0.4, -0.2) is 25.3 Å². The largest absolute Gasteiger partial charge is 0.379 e. The van der Waals surface area contributed by atoms with Gasteiger partial charge in [0.25, 0.3) is 0 Å². The molecule has 1 fully saturated rings. The Morgan fingerprint density at radius 1 is 1.21 bits per heavy atom. The number of hydrogen-bond donors (Lipinski definition) is 1. The second kappa shape index (κ2) is 7.64. The molecule has 1 unspecified atom stereocenters. The minimum absolute atomic E-state index is 0.0136. The van der Waals surface area contributed by atoms with Crippen LogP contribution in [-0.2, 0) is 4.74 Å². The van der Waals surface area contributed by atoms with E-state index in [1.54, 1.807) is 0 Å². The highest BCUT2D eigenvalue weighted by molar-refractivity contribution is 4.94. The molecule has 0 aromatic rings. The van der Waals surface area contributed by atoms with E-state index < -0.39 is 0 Å². The Hall–Kier alpha value is -0.0800. The van der Waals surface area contributed by atoms with Crippen LogP contribution in [0.1, 0.15) is 79.1 Å². The van der Waals surface area contributed by atoms with Crippen LogP contribution in [0.5, 0.6) is 0 Å². The predicted molar refractivity (Wildman–Crippen MR) is 83.6 cm³/mol. The zero-order chi connectivity index (χ0) is 14.4. The zero-order valence-corrected chi connectivity index (χ0v) is 13.8. The third-order valence-electron chi connectivity index (χ3n) is 5.27. The second-order valence-electron chi connectivity index (χ2n) is 6.93. The minimum atomic E-state index is 0.0136. The molecule has 0 heterocycles. The molecule has 1 aliphatic rings. The lowest BCUT2D eigenvalue weighted by atomic mass is 9.73. The Labute approximate surface area is 120 Å². The first kappa shape index (κ1) is 17.0. The van der Waals surface area contributed by atoms with Gasteiger partial charge in [0.15, 0.2) is 0 Å². The number of methoxy groups -OCH3 is 1. The van der Waals surface area contributed by atoms with Crippen LogP contribution in [0.25, 0.3) is 0 Å². The van der Waals surface area contributed by atoms with Gasteiger partial charge in [0, 0.05) is 13.2 Å². The van der Waals surface area contributed by atoms with E-state index >= 15 is 0 Å². The molecular weight excluding hydrogens is 234 g/mol. The van der Waals surface area contributed by atoms with Crippen LogP contribution in [0.15, 0.2) is 0 Å². The second-order valence-corrected chi connectivity index (χ2v) is 6.93. The smallest absolute Gasteiger partial charge is 0.0623 e. The van der Waals surface area contributed by atoms with Crippen molar-refractivity contribution in [2.45, 2.75) is 90.7 Å². The van der Waals surface area contributed by atoms with Crippen molar-refractivity contribution < 1.29 is 4.74 Å². The maximum atomic E-state index is 5.59. The van der Waals surface area contributed by atoms with Crippen molar-refractivity contribution in [1.29, 1.82) is 0 Å². The van der Waals surface area contributed by atoms with E-state index in [9.17, 15) is 0 Å². The van der Waals surface area contributed by atoms with Crippen molar-refractivity contribution in [1.82, 2.24) is 5.32 Å².